The Kier molecular flexibility index (Phi) is 7.95. The number of aromatic nitrogens is 2. The predicted molar refractivity (Wildman–Crippen MR) is 247 cm³/mol. The van der Waals surface area contributed by atoms with Gasteiger partial charge in [0.1, 0.15) is 3.63 Å². The lowest BCUT2D eigenvalue weighted by Crippen LogP contribution is -2.00. The number of halogens is 1. The van der Waals surface area contributed by atoms with Crippen LogP contribution in [0.25, 0.3) is 80.8 Å². The SMILES string of the molecule is C1=NC(c2cccc(-n3c4ccccc4c4cc(-c5ccc6c(c5)c5ccccc5n6-c5ccccc5)ccc43)c2)=IC(c2ccc(-c3ccccc3)cc2)=C1. The molecule has 0 fully saturated rings. The Hall–Kier alpha value is -6.63. The van der Waals surface area contributed by atoms with Crippen molar-refractivity contribution < 1.29 is 0 Å². The molecule has 10 aromatic rings. The lowest BCUT2D eigenvalue weighted by Gasteiger charge is -2.13. The average molecular weight is 828 g/mol. The molecule has 0 bridgehead atoms. The second kappa shape index (κ2) is 13.6. The molecule has 0 N–H and O–H groups in total. The van der Waals surface area contributed by atoms with Crippen LogP contribution in [0, 0.1) is 0 Å². The van der Waals surface area contributed by atoms with E-state index in [2.05, 4.69) is 209 Å². The van der Waals surface area contributed by atoms with Gasteiger partial charge in [-0.1, -0.05) is 154 Å². The fourth-order valence-electron chi connectivity index (χ4n) is 8.26. The number of allylic oxidation sites excluding steroid dienone is 1. The lowest BCUT2D eigenvalue weighted by atomic mass is 10.0. The highest BCUT2D eigenvalue weighted by atomic mass is 127. The summed E-state index contributed by atoms with van der Waals surface area (Å²) in [6, 6.07) is 70.6. The maximum atomic E-state index is 4.95. The molecule has 3 heterocycles. The third-order valence-corrected chi connectivity index (χ3v) is 13.9. The van der Waals surface area contributed by atoms with Crippen molar-refractivity contribution in [2.45, 2.75) is 0 Å². The van der Waals surface area contributed by atoms with Gasteiger partial charge < -0.3 is 9.13 Å². The van der Waals surface area contributed by atoms with Crippen LogP contribution in [0.4, 0.5) is 0 Å². The summed E-state index contributed by atoms with van der Waals surface area (Å²) in [4.78, 5) is 4.95. The molecule has 0 saturated carbocycles. The molecule has 11 rings (SSSR count). The van der Waals surface area contributed by atoms with Gasteiger partial charge in [0.05, 0.1) is 22.1 Å². The highest BCUT2D eigenvalue weighted by Gasteiger charge is 2.17. The molecular weight excluding hydrogens is 793 g/mol. The molecule has 8 aromatic carbocycles. The average Bonchev–Trinajstić information content (AvgIpc) is 3.79. The van der Waals surface area contributed by atoms with E-state index in [4.69, 9.17) is 4.99 Å². The first kappa shape index (κ1) is 32.8. The summed E-state index contributed by atoms with van der Waals surface area (Å²) < 4.78 is 7.35. The molecule has 56 heavy (non-hydrogen) atoms. The van der Waals surface area contributed by atoms with Gasteiger partial charge in [-0.25, -0.2) is 0 Å². The minimum absolute atomic E-state index is 0.480. The maximum Gasteiger partial charge on any atom is 0.103 e. The first-order valence-corrected chi connectivity index (χ1v) is 21.1. The van der Waals surface area contributed by atoms with Crippen molar-refractivity contribution in [1.82, 2.24) is 9.13 Å². The molecule has 0 radical (unpaired) electrons. The molecule has 1 aliphatic rings. The Labute approximate surface area is 334 Å². The van der Waals surface area contributed by atoms with E-state index in [0.29, 0.717) is 0 Å². The zero-order valence-electron chi connectivity index (χ0n) is 30.3. The van der Waals surface area contributed by atoms with Crippen molar-refractivity contribution >= 4 is 77.8 Å². The van der Waals surface area contributed by atoms with Crippen LogP contribution in [0.5, 0.6) is 0 Å². The van der Waals surface area contributed by atoms with Crippen molar-refractivity contribution in [3.63, 3.8) is 0 Å². The lowest BCUT2D eigenvalue weighted by molar-refractivity contribution is 1.18. The van der Waals surface area contributed by atoms with Gasteiger partial charge in [-0.3, -0.25) is 4.99 Å². The van der Waals surface area contributed by atoms with Crippen molar-refractivity contribution in [2.24, 2.45) is 4.99 Å². The van der Waals surface area contributed by atoms with Gasteiger partial charge in [0.25, 0.3) is 0 Å². The number of rotatable bonds is 6. The number of nitrogens with zero attached hydrogens (tertiary/aromatic N) is 3. The molecule has 0 aliphatic carbocycles. The summed E-state index contributed by atoms with van der Waals surface area (Å²) in [5.74, 6) is 0. The first-order valence-electron chi connectivity index (χ1n) is 18.9. The van der Waals surface area contributed by atoms with E-state index in [1.165, 1.54) is 89.9 Å². The van der Waals surface area contributed by atoms with E-state index in [1.807, 2.05) is 6.21 Å². The number of para-hydroxylation sites is 3. The molecule has 0 amide bonds. The highest BCUT2D eigenvalue weighted by Crippen LogP contribution is 2.39. The van der Waals surface area contributed by atoms with E-state index < -0.39 is 20.7 Å². The number of fused-ring (bicyclic) bond motifs is 6. The van der Waals surface area contributed by atoms with Crippen LogP contribution in [0.15, 0.2) is 205 Å². The van der Waals surface area contributed by atoms with Crippen LogP contribution in [0.1, 0.15) is 11.1 Å². The number of aliphatic imine (C=N–C) groups is 1. The van der Waals surface area contributed by atoms with Crippen LogP contribution in [-0.4, -0.2) is 19.0 Å². The van der Waals surface area contributed by atoms with Crippen molar-refractivity contribution in [1.29, 1.82) is 0 Å². The van der Waals surface area contributed by atoms with E-state index in [9.17, 15) is 0 Å². The zero-order valence-corrected chi connectivity index (χ0v) is 32.5. The second-order valence-corrected chi connectivity index (χ2v) is 16.9. The molecule has 0 spiro atoms. The smallest absolute Gasteiger partial charge is 0.103 e. The van der Waals surface area contributed by atoms with Crippen LogP contribution in [0.3, 0.4) is 0 Å². The van der Waals surface area contributed by atoms with Gasteiger partial charge in [0.15, 0.2) is 0 Å². The Morgan fingerprint density at radius 1 is 0.339 bits per heavy atom. The number of benzene rings is 8. The number of hydrogen-bond acceptors (Lipinski definition) is 1. The fourth-order valence-corrected chi connectivity index (χ4v) is 10.8. The first-order chi connectivity index (χ1) is 27.8. The standard InChI is InChI=1S/C52H34IN3/c1-3-12-35(13-4-1)36-22-24-37(25-23-36)47-30-31-54-52(53-47)40-14-11-17-42(32-40)56-49-21-10-8-19-44(49)46-34-39(27-29-51(46)56)38-26-28-50-45(33-38)43-18-7-9-20-48(43)55(50)41-15-5-2-6-16-41/h1-34H. The summed E-state index contributed by atoms with van der Waals surface area (Å²) >= 11 is -0.480. The molecule has 1 aliphatic heterocycles. The summed E-state index contributed by atoms with van der Waals surface area (Å²) in [6.07, 6.45) is 4.17. The van der Waals surface area contributed by atoms with E-state index in [0.717, 1.165) is 5.69 Å². The molecule has 0 unspecified atom stereocenters. The molecular formula is C52H34IN3. The van der Waals surface area contributed by atoms with Gasteiger partial charge in [-0.05, 0) is 94.6 Å². The minimum Gasteiger partial charge on any atom is -0.309 e. The van der Waals surface area contributed by atoms with Crippen LogP contribution in [-0.2, 0) is 0 Å². The quantitative estimate of drug-likeness (QED) is 0.149. The molecule has 0 saturated heterocycles. The molecule has 3 nitrogen and oxygen atoms in total. The summed E-state index contributed by atoms with van der Waals surface area (Å²) in [5.41, 5.74) is 14.5. The molecule has 2 aromatic heterocycles. The molecule has 264 valence electrons. The molecule has 4 heteroatoms. The topological polar surface area (TPSA) is 22.2 Å². The van der Waals surface area contributed by atoms with E-state index in [1.54, 1.807) is 0 Å². The summed E-state index contributed by atoms with van der Waals surface area (Å²) in [6.45, 7) is 0. The van der Waals surface area contributed by atoms with Crippen LogP contribution < -0.4 is 0 Å². The third kappa shape index (κ3) is 5.56. The Morgan fingerprint density at radius 3 is 1.48 bits per heavy atom. The van der Waals surface area contributed by atoms with Gasteiger partial charge in [0, 0.05) is 48.3 Å². The van der Waals surface area contributed by atoms with E-state index in [-0.39, 0.29) is 0 Å². The summed E-state index contributed by atoms with van der Waals surface area (Å²) in [5, 5.41) is 5.01. The molecule has 0 atom stereocenters. The Bertz CT molecular complexity index is 3220. The van der Waals surface area contributed by atoms with E-state index >= 15 is 0 Å². The fraction of sp³-hybridized carbons (Fsp3) is 0. The zero-order chi connectivity index (χ0) is 37.0. The predicted octanol–water partition coefficient (Wildman–Crippen LogP) is 13.8. The Balaban J connectivity index is 0.975. The Morgan fingerprint density at radius 2 is 0.821 bits per heavy atom. The minimum atomic E-state index is -0.480. The maximum absolute atomic E-state index is 4.95. The van der Waals surface area contributed by atoms with Gasteiger partial charge >= 0.3 is 0 Å². The van der Waals surface area contributed by atoms with Gasteiger partial charge in [0.2, 0.25) is 0 Å². The van der Waals surface area contributed by atoms with Crippen molar-refractivity contribution in [2.75, 3.05) is 0 Å². The van der Waals surface area contributed by atoms with Gasteiger partial charge in [-0.2, -0.15) is 0 Å². The highest BCUT2D eigenvalue weighted by molar-refractivity contribution is 14.2. The van der Waals surface area contributed by atoms with Gasteiger partial charge in [-0.15, -0.1) is 0 Å². The third-order valence-electron chi connectivity index (χ3n) is 10.9. The summed E-state index contributed by atoms with van der Waals surface area (Å²) in [7, 11) is 0. The van der Waals surface area contributed by atoms with Crippen molar-refractivity contribution in [3.05, 3.63) is 211 Å². The normalized spacial score (nSPS) is 12.9. The van der Waals surface area contributed by atoms with Crippen LogP contribution in [0.2, 0.25) is 0 Å². The number of hydrogen-bond donors (Lipinski definition) is 0. The van der Waals surface area contributed by atoms with Crippen molar-refractivity contribution in [3.8, 4) is 33.6 Å². The largest absolute Gasteiger partial charge is 0.309 e. The second-order valence-electron chi connectivity index (χ2n) is 14.2. The van der Waals surface area contributed by atoms with Crippen LogP contribution >= 0.6 is 20.7 Å². The monoisotopic (exact) mass is 827 g/mol.